The first-order valence-corrected chi connectivity index (χ1v) is 12.4. The Hall–Kier alpha value is -3.10. The molecule has 0 aliphatic heterocycles. The fourth-order valence-corrected chi connectivity index (χ4v) is 7.39. The molecular weight excluding hydrogens is 428 g/mol. The van der Waals surface area contributed by atoms with Crippen molar-refractivity contribution < 1.29 is 9.59 Å². The van der Waals surface area contributed by atoms with Crippen LogP contribution in [0.3, 0.4) is 0 Å². The molecule has 4 fully saturated rings. The average molecular weight is 463 g/mol. The first-order chi connectivity index (χ1) is 16.4. The fourth-order valence-electron chi connectivity index (χ4n) is 7.39. The van der Waals surface area contributed by atoms with Crippen molar-refractivity contribution >= 4 is 11.8 Å². The molecule has 8 nitrogen and oxygen atoms in total. The van der Waals surface area contributed by atoms with Crippen LogP contribution in [0.1, 0.15) is 77.0 Å². The van der Waals surface area contributed by atoms with Crippen molar-refractivity contribution in [2.75, 3.05) is 26.2 Å². The molecule has 0 heterocycles. The Bertz CT molecular complexity index is 811. The summed E-state index contributed by atoms with van der Waals surface area (Å²) in [6, 6.07) is 8.39. The van der Waals surface area contributed by atoms with E-state index in [0.29, 0.717) is 50.9 Å². The van der Waals surface area contributed by atoms with Crippen LogP contribution in [0, 0.1) is 68.0 Å². The minimum absolute atomic E-state index is 0.0265. The highest BCUT2D eigenvalue weighted by Gasteiger charge is 2.58. The van der Waals surface area contributed by atoms with Crippen molar-refractivity contribution in [2.24, 2.45) is 22.7 Å². The molecule has 2 amide bonds. The maximum Gasteiger partial charge on any atom is 0.223 e. The lowest BCUT2D eigenvalue weighted by Gasteiger charge is -2.62. The molecule has 4 saturated carbocycles. The van der Waals surface area contributed by atoms with E-state index in [1.807, 2.05) is 0 Å². The van der Waals surface area contributed by atoms with Gasteiger partial charge in [0, 0.05) is 39.0 Å². The van der Waals surface area contributed by atoms with Crippen molar-refractivity contribution in [1.82, 2.24) is 9.80 Å². The molecule has 0 N–H and O–H groups in total. The Kier molecular flexibility index (Phi) is 8.52. The highest BCUT2D eigenvalue weighted by atomic mass is 16.2. The van der Waals surface area contributed by atoms with E-state index in [4.69, 9.17) is 21.0 Å². The van der Waals surface area contributed by atoms with Crippen molar-refractivity contribution in [2.45, 2.75) is 77.0 Å². The molecule has 0 radical (unpaired) electrons. The third-order valence-electron chi connectivity index (χ3n) is 8.04. The van der Waals surface area contributed by atoms with Crippen molar-refractivity contribution in [1.29, 1.82) is 21.0 Å². The third kappa shape index (κ3) is 6.07. The van der Waals surface area contributed by atoms with E-state index in [-0.39, 0.29) is 48.3 Å². The van der Waals surface area contributed by atoms with Crippen molar-refractivity contribution in [3.63, 3.8) is 0 Å². The van der Waals surface area contributed by atoms with Gasteiger partial charge in [-0.1, -0.05) is 0 Å². The lowest BCUT2D eigenvalue weighted by atomic mass is 9.43. The summed E-state index contributed by atoms with van der Waals surface area (Å²) >= 11 is 0. The summed E-state index contributed by atoms with van der Waals surface area (Å²) in [5, 5.41) is 35.9. The second-order valence-electron chi connectivity index (χ2n) is 10.7. The number of carbonyl (C=O) groups is 2. The summed E-state index contributed by atoms with van der Waals surface area (Å²) in [6.45, 7) is 1.43. The van der Waals surface area contributed by atoms with Gasteiger partial charge in [-0.2, -0.15) is 21.0 Å². The largest absolute Gasteiger partial charge is 0.341 e. The number of nitriles is 4. The zero-order chi connectivity index (χ0) is 24.6. The molecule has 0 aromatic rings. The van der Waals surface area contributed by atoms with Gasteiger partial charge in [-0.15, -0.1) is 0 Å². The normalized spacial score (nSPS) is 28.2. The number of hydrogen-bond donors (Lipinski definition) is 0. The molecule has 0 aromatic heterocycles. The Morgan fingerprint density at radius 3 is 1.26 bits per heavy atom. The first-order valence-electron chi connectivity index (χ1n) is 12.4. The second-order valence-corrected chi connectivity index (χ2v) is 10.7. The van der Waals surface area contributed by atoms with Gasteiger partial charge < -0.3 is 9.80 Å². The van der Waals surface area contributed by atoms with E-state index in [9.17, 15) is 9.59 Å². The van der Waals surface area contributed by atoms with Crippen LogP contribution in [0.15, 0.2) is 0 Å². The lowest BCUT2D eigenvalue weighted by Crippen LogP contribution is -2.54. The molecule has 8 heteroatoms. The molecule has 4 aliphatic carbocycles. The van der Waals surface area contributed by atoms with Gasteiger partial charge in [-0.3, -0.25) is 9.59 Å². The van der Waals surface area contributed by atoms with E-state index in [1.165, 1.54) is 6.42 Å². The maximum absolute atomic E-state index is 13.3. The van der Waals surface area contributed by atoms with Gasteiger partial charge in [0.05, 0.1) is 50.0 Å². The minimum Gasteiger partial charge on any atom is -0.341 e. The number of amides is 2. The number of nitrogens with zero attached hydrogens (tertiary/aromatic N) is 6. The molecule has 0 atom stereocenters. The standard InChI is InChI=1S/C26H34N6O2/c27-5-1-9-31(10-2-6-28)23(33)18-25-14-21-13-22(15-25)17-26(16-21,20-25)19-24(34)32(11-3-7-29)12-4-8-30/h21-22H,1-4,9-20H2. The SMILES string of the molecule is N#CCCN(CCC#N)C(=O)CC12CC3CC(C1)CC(CC(=O)N(CCC#N)CCC#N)(C3)C2. The summed E-state index contributed by atoms with van der Waals surface area (Å²) in [5.74, 6) is 1.11. The quantitative estimate of drug-likeness (QED) is 0.434. The van der Waals surface area contributed by atoms with Crippen LogP contribution in [-0.2, 0) is 9.59 Å². The number of rotatable bonds is 12. The van der Waals surface area contributed by atoms with Crippen molar-refractivity contribution in [3.8, 4) is 24.3 Å². The Morgan fingerprint density at radius 2 is 0.971 bits per heavy atom. The van der Waals surface area contributed by atoms with Crippen LogP contribution in [0.2, 0.25) is 0 Å². The zero-order valence-corrected chi connectivity index (χ0v) is 20.0. The maximum atomic E-state index is 13.3. The fraction of sp³-hybridized carbons (Fsp3) is 0.769. The smallest absolute Gasteiger partial charge is 0.223 e. The van der Waals surface area contributed by atoms with Gasteiger partial charge in [0.1, 0.15) is 0 Å². The summed E-state index contributed by atoms with van der Waals surface area (Å²) in [5.41, 5.74) is -0.216. The average Bonchev–Trinajstić information content (AvgIpc) is 2.77. The molecular formula is C26H34N6O2. The summed E-state index contributed by atoms with van der Waals surface area (Å²) in [4.78, 5) is 29.9. The van der Waals surface area contributed by atoms with E-state index < -0.39 is 0 Å². The first kappa shape index (κ1) is 25.5. The molecule has 0 saturated heterocycles. The third-order valence-corrected chi connectivity index (χ3v) is 8.04. The predicted octanol–water partition coefficient (Wildman–Crippen LogP) is 3.67. The van der Waals surface area contributed by atoms with Gasteiger partial charge in [0.2, 0.25) is 11.8 Å². The van der Waals surface area contributed by atoms with Crippen LogP contribution in [0.4, 0.5) is 0 Å². The molecule has 4 bridgehead atoms. The molecule has 4 rings (SSSR count). The molecule has 4 aliphatic rings. The van der Waals surface area contributed by atoms with Crippen LogP contribution in [0.5, 0.6) is 0 Å². The highest BCUT2D eigenvalue weighted by Crippen LogP contribution is 2.67. The van der Waals surface area contributed by atoms with Gasteiger partial charge in [0.25, 0.3) is 0 Å². The van der Waals surface area contributed by atoms with E-state index >= 15 is 0 Å². The van der Waals surface area contributed by atoms with Crippen molar-refractivity contribution in [3.05, 3.63) is 0 Å². The molecule has 0 aromatic carbocycles. The van der Waals surface area contributed by atoms with E-state index in [1.54, 1.807) is 9.80 Å². The van der Waals surface area contributed by atoms with Gasteiger partial charge in [0.15, 0.2) is 0 Å². The van der Waals surface area contributed by atoms with Crippen LogP contribution < -0.4 is 0 Å². The topological polar surface area (TPSA) is 136 Å². The van der Waals surface area contributed by atoms with E-state index in [2.05, 4.69) is 24.3 Å². The summed E-state index contributed by atoms with van der Waals surface area (Å²) < 4.78 is 0. The Labute approximate surface area is 202 Å². The lowest BCUT2D eigenvalue weighted by molar-refractivity contribution is -0.154. The predicted molar refractivity (Wildman–Crippen MR) is 123 cm³/mol. The zero-order valence-electron chi connectivity index (χ0n) is 20.0. The van der Waals surface area contributed by atoms with Crippen LogP contribution >= 0.6 is 0 Å². The van der Waals surface area contributed by atoms with E-state index in [0.717, 1.165) is 32.1 Å². The monoisotopic (exact) mass is 462 g/mol. The molecule has 180 valence electrons. The Morgan fingerprint density at radius 1 is 0.647 bits per heavy atom. The molecule has 0 unspecified atom stereocenters. The number of hydrogen-bond acceptors (Lipinski definition) is 6. The minimum atomic E-state index is -0.108. The molecule has 34 heavy (non-hydrogen) atoms. The van der Waals surface area contributed by atoms with Crippen LogP contribution in [-0.4, -0.2) is 47.8 Å². The van der Waals surface area contributed by atoms with Crippen LogP contribution in [0.25, 0.3) is 0 Å². The van der Waals surface area contributed by atoms with Gasteiger partial charge in [-0.05, 0) is 61.2 Å². The number of carbonyl (C=O) groups excluding carboxylic acids is 2. The highest BCUT2D eigenvalue weighted by molar-refractivity contribution is 5.78. The molecule has 0 spiro atoms. The van der Waals surface area contributed by atoms with Gasteiger partial charge >= 0.3 is 0 Å². The Balaban J connectivity index is 1.73. The summed E-state index contributed by atoms with van der Waals surface area (Å²) in [7, 11) is 0. The van der Waals surface area contributed by atoms with Gasteiger partial charge in [-0.25, -0.2) is 0 Å². The second kappa shape index (κ2) is 11.4. The summed E-state index contributed by atoms with van der Waals surface area (Å²) in [6.07, 6.45) is 7.99.